The number of ether oxygens (including phenoxy) is 1. The second kappa shape index (κ2) is 8.28. The molecule has 0 saturated carbocycles. The van der Waals surface area contributed by atoms with Crippen LogP contribution in [0.25, 0.3) is 11.3 Å². The minimum absolute atomic E-state index is 0.270. The molecule has 2 heterocycles. The highest BCUT2D eigenvalue weighted by atomic mass is 32.1. The number of carbonyl (C=O) groups is 1. The molecule has 0 fully saturated rings. The zero-order valence-corrected chi connectivity index (χ0v) is 16.8. The first-order chi connectivity index (χ1) is 14.1. The highest BCUT2D eigenvalue weighted by Gasteiger charge is 2.16. The smallest absolute Gasteiger partial charge is 0.261 e. The molecule has 0 atom stereocenters. The van der Waals surface area contributed by atoms with Crippen molar-refractivity contribution in [2.45, 2.75) is 20.5 Å². The molecule has 146 valence electrons. The van der Waals surface area contributed by atoms with E-state index >= 15 is 0 Å². The average molecular weight is 405 g/mol. The molecule has 6 nitrogen and oxygen atoms in total. The van der Waals surface area contributed by atoms with Crippen molar-refractivity contribution in [2.24, 2.45) is 0 Å². The van der Waals surface area contributed by atoms with Crippen molar-refractivity contribution in [3.63, 3.8) is 0 Å². The maximum atomic E-state index is 12.8. The van der Waals surface area contributed by atoms with E-state index in [1.165, 1.54) is 11.3 Å². The van der Waals surface area contributed by atoms with Gasteiger partial charge in [0.2, 0.25) is 0 Å². The largest absolute Gasteiger partial charge is 0.488 e. The lowest BCUT2D eigenvalue weighted by molar-refractivity contribution is 0.102. The van der Waals surface area contributed by atoms with Gasteiger partial charge in [0.25, 0.3) is 5.91 Å². The van der Waals surface area contributed by atoms with Crippen LogP contribution in [0.3, 0.4) is 0 Å². The van der Waals surface area contributed by atoms with Crippen molar-refractivity contribution in [3.05, 3.63) is 82.6 Å². The molecule has 0 spiro atoms. The summed E-state index contributed by atoms with van der Waals surface area (Å²) in [6.07, 6.45) is 0. The van der Waals surface area contributed by atoms with E-state index in [9.17, 15) is 4.79 Å². The molecular formula is C22H19N3O3S. The van der Waals surface area contributed by atoms with Gasteiger partial charge in [0, 0.05) is 10.9 Å². The van der Waals surface area contributed by atoms with E-state index < -0.39 is 0 Å². The highest BCUT2D eigenvalue weighted by Crippen LogP contribution is 2.27. The van der Waals surface area contributed by atoms with E-state index in [0.717, 1.165) is 22.5 Å². The zero-order chi connectivity index (χ0) is 20.2. The summed E-state index contributed by atoms with van der Waals surface area (Å²) in [6, 6.07) is 17.0. The molecule has 0 unspecified atom stereocenters. The van der Waals surface area contributed by atoms with Gasteiger partial charge < -0.3 is 9.26 Å². The van der Waals surface area contributed by atoms with Crippen LogP contribution in [-0.2, 0) is 6.61 Å². The number of aryl methyl sites for hydroxylation is 2. The number of nitrogens with one attached hydrogen (secondary N) is 1. The minimum Gasteiger partial charge on any atom is -0.488 e. The van der Waals surface area contributed by atoms with Crippen LogP contribution in [0.15, 0.2) is 64.5 Å². The SMILES string of the molecule is Cc1noc(C)c1COc1ccccc1C(=O)Nc1nc(-c2ccccc2)cs1. The van der Waals surface area contributed by atoms with Gasteiger partial charge in [-0.05, 0) is 26.0 Å². The van der Waals surface area contributed by atoms with Crippen molar-refractivity contribution in [3.8, 4) is 17.0 Å². The monoisotopic (exact) mass is 405 g/mol. The third-order valence-electron chi connectivity index (χ3n) is 4.48. The molecule has 2 aromatic carbocycles. The van der Waals surface area contributed by atoms with Gasteiger partial charge >= 0.3 is 0 Å². The fraction of sp³-hybridized carbons (Fsp3) is 0.136. The predicted molar refractivity (Wildman–Crippen MR) is 112 cm³/mol. The van der Waals surface area contributed by atoms with E-state index in [1.54, 1.807) is 18.2 Å². The van der Waals surface area contributed by atoms with Crippen LogP contribution < -0.4 is 10.1 Å². The molecule has 0 aliphatic carbocycles. The molecule has 0 bridgehead atoms. The highest BCUT2D eigenvalue weighted by molar-refractivity contribution is 7.14. The second-order valence-corrected chi connectivity index (χ2v) is 7.30. The summed E-state index contributed by atoms with van der Waals surface area (Å²) in [4.78, 5) is 17.3. The number of thiazole rings is 1. The maximum Gasteiger partial charge on any atom is 0.261 e. The van der Waals surface area contributed by atoms with Gasteiger partial charge in [-0.3, -0.25) is 10.1 Å². The lowest BCUT2D eigenvalue weighted by Gasteiger charge is -2.10. The summed E-state index contributed by atoms with van der Waals surface area (Å²) in [5.74, 6) is 0.929. The summed E-state index contributed by atoms with van der Waals surface area (Å²) < 4.78 is 11.1. The number of nitrogens with zero attached hydrogens (tertiary/aromatic N) is 2. The molecule has 4 aromatic rings. The van der Waals surface area contributed by atoms with Crippen molar-refractivity contribution in [1.82, 2.24) is 10.1 Å². The lowest BCUT2D eigenvalue weighted by Crippen LogP contribution is -2.13. The minimum atomic E-state index is -0.270. The van der Waals surface area contributed by atoms with Crippen molar-refractivity contribution in [2.75, 3.05) is 5.32 Å². The molecule has 7 heteroatoms. The van der Waals surface area contributed by atoms with Gasteiger partial charge in [-0.2, -0.15) is 0 Å². The van der Waals surface area contributed by atoms with Gasteiger partial charge in [0.15, 0.2) is 5.13 Å². The van der Waals surface area contributed by atoms with Crippen LogP contribution in [0.1, 0.15) is 27.4 Å². The summed E-state index contributed by atoms with van der Waals surface area (Å²) in [7, 11) is 0. The molecule has 2 aromatic heterocycles. The van der Waals surface area contributed by atoms with E-state index in [0.29, 0.717) is 22.2 Å². The van der Waals surface area contributed by atoms with Crippen molar-refractivity contribution < 1.29 is 14.1 Å². The van der Waals surface area contributed by atoms with Crippen LogP contribution in [0.5, 0.6) is 5.75 Å². The lowest BCUT2D eigenvalue weighted by atomic mass is 10.2. The van der Waals surface area contributed by atoms with Crippen LogP contribution in [0.4, 0.5) is 5.13 Å². The Morgan fingerprint density at radius 2 is 1.86 bits per heavy atom. The topological polar surface area (TPSA) is 77.2 Å². The quantitative estimate of drug-likeness (QED) is 0.474. The average Bonchev–Trinajstić information content (AvgIpc) is 3.34. The Morgan fingerprint density at radius 1 is 1.10 bits per heavy atom. The number of rotatable bonds is 6. The number of carbonyl (C=O) groups excluding carboxylic acids is 1. The fourth-order valence-corrected chi connectivity index (χ4v) is 3.59. The zero-order valence-electron chi connectivity index (χ0n) is 16.0. The summed E-state index contributed by atoms with van der Waals surface area (Å²) in [5, 5.41) is 9.25. The third-order valence-corrected chi connectivity index (χ3v) is 5.24. The Kier molecular flexibility index (Phi) is 5.39. The number of hydrogen-bond donors (Lipinski definition) is 1. The summed E-state index contributed by atoms with van der Waals surface area (Å²) in [5.41, 5.74) is 3.94. The third kappa shape index (κ3) is 4.20. The number of amides is 1. The first-order valence-corrected chi connectivity index (χ1v) is 9.95. The van der Waals surface area contributed by atoms with Crippen LogP contribution in [0.2, 0.25) is 0 Å². The number of benzene rings is 2. The van der Waals surface area contributed by atoms with Crippen LogP contribution >= 0.6 is 11.3 Å². The molecule has 1 N–H and O–H groups in total. The fourth-order valence-electron chi connectivity index (χ4n) is 2.88. The van der Waals surface area contributed by atoms with E-state index in [4.69, 9.17) is 9.26 Å². The van der Waals surface area contributed by atoms with Gasteiger partial charge in [0.1, 0.15) is 18.1 Å². The van der Waals surface area contributed by atoms with Crippen molar-refractivity contribution in [1.29, 1.82) is 0 Å². The normalized spacial score (nSPS) is 10.7. The summed E-state index contributed by atoms with van der Waals surface area (Å²) >= 11 is 1.38. The van der Waals surface area contributed by atoms with Gasteiger partial charge in [-0.25, -0.2) is 4.98 Å². The van der Waals surface area contributed by atoms with Crippen LogP contribution in [0, 0.1) is 13.8 Å². The molecule has 0 aliphatic rings. The number of para-hydroxylation sites is 1. The predicted octanol–water partition coefficient (Wildman–Crippen LogP) is 5.25. The first kappa shape index (κ1) is 18.9. The summed E-state index contributed by atoms with van der Waals surface area (Å²) in [6.45, 7) is 3.98. The molecule has 0 radical (unpaired) electrons. The standard InChI is InChI=1S/C22H19N3O3S/c1-14-18(15(2)28-25-14)12-27-20-11-7-6-10-17(20)21(26)24-22-23-19(13-29-22)16-8-4-3-5-9-16/h3-11,13H,12H2,1-2H3,(H,23,24,26). The first-order valence-electron chi connectivity index (χ1n) is 9.07. The number of aromatic nitrogens is 2. The van der Waals surface area contributed by atoms with Gasteiger partial charge in [-0.15, -0.1) is 11.3 Å². The van der Waals surface area contributed by atoms with Gasteiger partial charge in [0.05, 0.1) is 22.5 Å². The van der Waals surface area contributed by atoms with E-state index in [2.05, 4.69) is 15.5 Å². The number of hydrogen-bond acceptors (Lipinski definition) is 6. The molecule has 1 amide bonds. The Morgan fingerprint density at radius 3 is 2.62 bits per heavy atom. The molecule has 0 aliphatic heterocycles. The molecule has 29 heavy (non-hydrogen) atoms. The number of anilines is 1. The molecular weight excluding hydrogens is 386 g/mol. The second-order valence-electron chi connectivity index (χ2n) is 6.45. The van der Waals surface area contributed by atoms with E-state index in [1.807, 2.05) is 55.6 Å². The Bertz CT molecular complexity index is 1120. The molecule has 4 rings (SSSR count). The van der Waals surface area contributed by atoms with Crippen molar-refractivity contribution >= 4 is 22.4 Å². The van der Waals surface area contributed by atoms with E-state index in [-0.39, 0.29) is 12.5 Å². The molecule has 0 saturated heterocycles. The Labute approximate surface area is 172 Å². The Balaban J connectivity index is 1.49. The van der Waals surface area contributed by atoms with Gasteiger partial charge in [-0.1, -0.05) is 47.6 Å². The van der Waals surface area contributed by atoms with Crippen LogP contribution in [-0.4, -0.2) is 16.0 Å². The Hall–Kier alpha value is -3.45. The maximum absolute atomic E-state index is 12.8.